The van der Waals surface area contributed by atoms with Gasteiger partial charge in [-0.1, -0.05) is 5.92 Å². The monoisotopic (exact) mass is 435 g/mol. The topological polar surface area (TPSA) is 76.5 Å². The molecule has 1 saturated carbocycles. The van der Waals surface area contributed by atoms with Crippen LogP contribution in [0.5, 0.6) is 5.75 Å². The summed E-state index contributed by atoms with van der Waals surface area (Å²) in [7, 11) is 0. The highest BCUT2D eigenvalue weighted by atomic mass is 19.4. The Morgan fingerprint density at radius 2 is 2.00 bits per heavy atom. The molecule has 3 rings (SSSR count). The fourth-order valence-corrected chi connectivity index (χ4v) is 3.38. The number of ether oxygens (including phenoxy) is 2. The van der Waals surface area contributed by atoms with E-state index in [9.17, 15) is 18.3 Å². The van der Waals surface area contributed by atoms with Crippen molar-refractivity contribution < 1.29 is 27.8 Å². The Morgan fingerprint density at radius 1 is 1.26 bits per heavy atom. The molecule has 1 aliphatic rings. The molecule has 0 amide bonds. The molecule has 1 heterocycles. The number of hydrogen-bond acceptors (Lipinski definition) is 6. The Labute approximate surface area is 178 Å². The lowest BCUT2D eigenvalue weighted by molar-refractivity contribution is -0.0696. The number of halogens is 3. The van der Waals surface area contributed by atoms with Gasteiger partial charge in [-0.25, -0.2) is 0 Å². The smallest absolute Gasteiger partial charge is 0.458 e. The Bertz CT molecular complexity index is 989. The maximum atomic E-state index is 12.4. The minimum atomic E-state index is -4.58. The first kappa shape index (κ1) is 22.8. The molecule has 2 N–H and O–H groups in total. The number of hydrogen-bond donors (Lipinski definition) is 2. The highest BCUT2D eigenvalue weighted by Crippen LogP contribution is 2.35. The highest BCUT2D eigenvalue weighted by Gasteiger charge is 2.38. The predicted octanol–water partition coefficient (Wildman–Crippen LogP) is 4.06. The number of nitrogens with zero attached hydrogens (tertiary/aromatic N) is 2. The van der Waals surface area contributed by atoms with E-state index < -0.39 is 11.8 Å². The van der Waals surface area contributed by atoms with E-state index in [0.29, 0.717) is 42.3 Å². The molecule has 31 heavy (non-hydrogen) atoms. The average Bonchev–Trinajstić information content (AvgIpc) is 2.65. The fourth-order valence-electron chi connectivity index (χ4n) is 3.38. The van der Waals surface area contributed by atoms with Gasteiger partial charge >= 0.3 is 6.18 Å². The van der Waals surface area contributed by atoms with Gasteiger partial charge in [0.15, 0.2) is 6.79 Å². The van der Waals surface area contributed by atoms with Crippen molar-refractivity contribution in [3.63, 3.8) is 0 Å². The zero-order valence-corrected chi connectivity index (χ0v) is 17.5. The third-order valence-corrected chi connectivity index (χ3v) is 4.80. The SMILES string of the molecule is CCOCOc1cc(C#CC(F)(F)F)ccc1-c1nnc(NC2CC(C)(O)C2)cc1C. The molecule has 1 aromatic heterocycles. The van der Waals surface area contributed by atoms with Gasteiger partial charge in [-0.3, -0.25) is 0 Å². The zero-order chi connectivity index (χ0) is 22.6. The molecular weight excluding hydrogens is 411 g/mol. The molecule has 6 nitrogen and oxygen atoms in total. The van der Waals surface area contributed by atoms with E-state index >= 15 is 0 Å². The van der Waals surface area contributed by atoms with Crippen molar-refractivity contribution in [3.8, 4) is 28.8 Å². The molecule has 1 aromatic carbocycles. The summed E-state index contributed by atoms with van der Waals surface area (Å²) in [4.78, 5) is 0. The van der Waals surface area contributed by atoms with Crippen LogP contribution in [-0.4, -0.2) is 46.5 Å². The van der Waals surface area contributed by atoms with Gasteiger partial charge in [0.25, 0.3) is 0 Å². The molecule has 0 spiro atoms. The summed E-state index contributed by atoms with van der Waals surface area (Å²) in [5.41, 5.74) is 1.42. The number of nitrogens with one attached hydrogen (secondary N) is 1. The van der Waals surface area contributed by atoms with Crippen LogP contribution < -0.4 is 10.1 Å². The van der Waals surface area contributed by atoms with Gasteiger partial charge in [-0.2, -0.15) is 13.2 Å². The quantitative estimate of drug-likeness (QED) is 0.388. The molecule has 2 aromatic rings. The van der Waals surface area contributed by atoms with E-state index in [2.05, 4.69) is 21.4 Å². The van der Waals surface area contributed by atoms with Crippen LogP contribution in [0.4, 0.5) is 19.0 Å². The fraction of sp³-hybridized carbons (Fsp3) is 0.455. The number of alkyl halides is 3. The Kier molecular flexibility index (Phi) is 6.72. The van der Waals surface area contributed by atoms with E-state index in [1.54, 1.807) is 19.9 Å². The number of aryl methyl sites for hydroxylation is 1. The normalized spacial score (nSPS) is 20.4. The molecule has 166 valence electrons. The average molecular weight is 435 g/mol. The molecule has 0 atom stereocenters. The lowest BCUT2D eigenvalue weighted by Crippen LogP contribution is -2.48. The second kappa shape index (κ2) is 9.12. The number of rotatable bonds is 7. The maximum absolute atomic E-state index is 12.4. The van der Waals surface area contributed by atoms with E-state index in [-0.39, 0.29) is 18.4 Å². The van der Waals surface area contributed by atoms with Gasteiger partial charge < -0.3 is 19.9 Å². The molecule has 0 saturated heterocycles. The van der Waals surface area contributed by atoms with Crippen LogP contribution in [0, 0.1) is 18.8 Å². The molecule has 0 radical (unpaired) electrons. The first-order valence-corrected chi connectivity index (χ1v) is 9.84. The molecule has 9 heteroatoms. The summed E-state index contributed by atoms with van der Waals surface area (Å²) in [5.74, 6) is 4.24. The second-order valence-corrected chi connectivity index (χ2v) is 7.72. The van der Waals surface area contributed by atoms with Gasteiger partial charge in [0.2, 0.25) is 0 Å². The first-order chi connectivity index (χ1) is 14.6. The number of aromatic nitrogens is 2. The molecular formula is C22H24F3N3O3. The lowest BCUT2D eigenvalue weighted by atomic mass is 9.77. The Hall–Kier alpha value is -2.83. The summed E-state index contributed by atoms with van der Waals surface area (Å²) in [6, 6.07) is 6.47. The molecule has 0 aliphatic heterocycles. The standard InChI is InChI=1S/C22H24F3N3O3/c1-4-30-13-31-18-10-15(7-8-22(23,24)25)5-6-17(18)20-14(2)9-19(27-28-20)26-16-11-21(3,29)12-16/h5-6,9-10,16,29H,4,11-13H2,1-3H3,(H,26,27). The van der Waals surface area contributed by atoms with Crippen LogP contribution in [0.2, 0.25) is 0 Å². The molecule has 1 aliphatic carbocycles. The number of anilines is 1. The van der Waals surface area contributed by atoms with Crippen LogP contribution in [0.3, 0.4) is 0 Å². The van der Waals surface area contributed by atoms with Crippen LogP contribution in [0.25, 0.3) is 11.3 Å². The Balaban J connectivity index is 1.86. The maximum Gasteiger partial charge on any atom is 0.458 e. The van der Waals surface area contributed by atoms with Crippen molar-refractivity contribution in [3.05, 3.63) is 35.4 Å². The van der Waals surface area contributed by atoms with Crippen molar-refractivity contribution in [2.45, 2.75) is 51.4 Å². The van der Waals surface area contributed by atoms with E-state index in [1.807, 2.05) is 13.0 Å². The third-order valence-electron chi connectivity index (χ3n) is 4.80. The van der Waals surface area contributed by atoms with Crippen LogP contribution in [0.1, 0.15) is 37.8 Å². The van der Waals surface area contributed by atoms with Gasteiger partial charge in [-0.05, 0) is 63.4 Å². The summed E-state index contributed by atoms with van der Waals surface area (Å²) in [5, 5.41) is 21.6. The van der Waals surface area contributed by atoms with E-state index in [4.69, 9.17) is 9.47 Å². The zero-order valence-electron chi connectivity index (χ0n) is 17.5. The minimum absolute atomic E-state index is 0.0621. The van der Waals surface area contributed by atoms with Crippen molar-refractivity contribution in [1.29, 1.82) is 0 Å². The van der Waals surface area contributed by atoms with E-state index in [1.165, 1.54) is 18.1 Å². The second-order valence-electron chi connectivity index (χ2n) is 7.72. The van der Waals surface area contributed by atoms with Gasteiger partial charge in [0.05, 0.1) is 11.3 Å². The predicted molar refractivity (Wildman–Crippen MR) is 110 cm³/mol. The molecule has 1 fully saturated rings. The highest BCUT2D eigenvalue weighted by molar-refractivity contribution is 5.71. The first-order valence-electron chi connectivity index (χ1n) is 9.84. The largest absolute Gasteiger partial charge is 0.467 e. The third kappa shape index (κ3) is 6.32. The van der Waals surface area contributed by atoms with Crippen LogP contribution >= 0.6 is 0 Å². The summed E-state index contributed by atoms with van der Waals surface area (Å²) in [6.45, 7) is 5.81. The van der Waals surface area contributed by atoms with Crippen molar-refractivity contribution in [2.75, 3.05) is 18.7 Å². The summed E-state index contributed by atoms with van der Waals surface area (Å²) < 4.78 is 48.1. The van der Waals surface area contributed by atoms with Crippen molar-refractivity contribution >= 4 is 5.82 Å². The number of benzene rings is 1. The number of aliphatic hydroxyl groups is 1. The van der Waals surface area contributed by atoms with Crippen LogP contribution in [-0.2, 0) is 4.74 Å². The van der Waals surface area contributed by atoms with Crippen molar-refractivity contribution in [2.24, 2.45) is 0 Å². The molecule has 0 unspecified atom stereocenters. The summed E-state index contributed by atoms with van der Waals surface area (Å²) in [6.07, 6.45) is -3.32. The van der Waals surface area contributed by atoms with E-state index in [0.717, 1.165) is 5.56 Å². The van der Waals surface area contributed by atoms with Crippen molar-refractivity contribution in [1.82, 2.24) is 10.2 Å². The lowest BCUT2D eigenvalue weighted by Gasteiger charge is -2.41. The van der Waals surface area contributed by atoms with Gasteiger partial charge in [-0.15, -0.1) is 10.2 Å². The minimum Gasteiger partial charge on any atom is -0.467 e. The Morgan fingerprint density at radius 3 is 2.61 bits per heavy atom. The van der Waals surface area contributed by atoms with Crippen LogP contribution in [0.15, 0.2) is 24.3 Å². The summed E-state index contributed by atoms with van der Waals surface area (Å²) >= 11 is 0. The van der Waals surface area contributed by atoms with Gasteiger partial charge in [0.1, 0.15) is 11.6 Å². The molecule has 0 bridgehead atoms. The van der Waals surface area contributed by atoms with Gasteiger partial charge in [0, 0.05) is 29.7 Å².